The lowest BCUT2D eigenvalue weighted by Crippen LogP contribution is -2.48. The molecule has 36 heavy (non-hydrogen) atoms. The van der Waals surface area contributed by atoms with Gasteiger partial charge in [-0.25, -0.2) is 0 Å². The number of ether oxygens (including phenoxy) is 2. The highest BCUT2D eigenvalue weighted by atomic mass is 16.5. The van der Waals surface area contributed by atoms with Gasteiger partial charge in [-0.3, -0.25) is 9.69 Å². The minimum absolute atomic E-state index is 0.136. The van der Waals surface area contributed by atoms with Gasteiger partial charge in [0.2, 0.25) is 0 Å². The monoisotopic (exact) mass is 484 g/mol. The number of hydrogen-bond acceptors (Lipinski definition) is 4. The van der Waals surface area contributed by atoms with Crippen molar-refractivity contribution in [2.24, 2.45) is 5.41 Å². The van der Waals surface area contributed by atoms with Crippen LogP contribution >= 0.6 is 0 Å². The number of piperidine rings is 2. The summed E-state index contributed by atoms with van der Waals surface area (Å²) in [7, 11) is 1.64. The first-order valence-electron chi connectivity index (χ1n) is 13.0. The molecule has 2 fully saturated rings. The SMILES string of the molecule is COc1ccc(C(=O)N2CCC3(CCN(Cc4ccccc4OCc4ccccc4)CC3)CC2)cc1. The number of benzene rings is 3. The molecule has 0 bridgehead atoms. The lowest BCUT2D eigenvalue weighted by Gasteiger charge is -2.47. The van der Waals surface area contributed by atoms with E-state index in [0.717, 1.165) is 62.6 Å². The van der Waals surface area contributed by atoms with Gasteiger partial charge < -0.3 is 14.4 Å². The fraction of sp³-hybridized carbons (Fsp3) is 0.387. The largest absolute Gasteiger partial charge is 0.497 e. The third-order valence-electron chi connectivity index (χ3n) is 7.97. The third-order valence-corrected chi connectivity index (χ3v) is 7.97. The van der Waals surface area contributed by atoms with Gasteiger partial charge in [-0.1, -0.05) is 48.5 Å². The number of nitrogens with zero attached hydrogens (tertiary/aromatic N) is 2. The van der Waals surface area contributed by atoms with E-state index in [4.69, 9.17) is 9.47 Å². The van der Waals surface area contributed by atoms with Crippen molar-refractivity contribution in [3.63, 3.8) is 0 Å². The van der Waals surface area contributed by atoms with Crippen molar-refractivity contribution < 1.29 is 14.3 Å². The summed E-state index contributed by atoms with van der Waals surface area (Å²) < 4.78 is 11.4. The topological polar surface area (TPSA) is 42.0 Å². The Kier molecular flexibility index (Phi) is 7.57. The highest BCUT2D eigenvalue weighted by Gasteiger charge is 2.38. The van der Waals surface area contributed by atoms with Crippen molar-refractivity contribution in [2.75, 3.05) is 33.3 Å². The quantitative estimate of drug-likeness (QED) is 0.426. The highest BCUT2D eigenvalue weighted by Crippen LogP contribution is 2.42. The third kappa shape index (κ3) is 5.73. The summed E-state index contributed by atoms with van der Waals surface area (Å²) in [5.74, 6) is 1.89. The van der Waals surface area contributed by atoms with E-state index in [1.807, 2.05) is 47.4 Å². The minimum atomic E-state index is 0.136. The maximum absolute atomic E-state index is 13.0. The van der Waals surface area contributed by atoms with Crippen LogP contribution in [0.5, 0.6) is 11.5 Å². The molecule has 0 aromatic heterocycles. The predicted molar refractivity (Wildman–Crippen MR) is 142 cm³/mol. The number of para-hydroxylation sites is 1. The molecule has 0 unspecified atom stereocenters. The number of methoxy groups -OCH3 is 1. The molecule has 1 amide bonds. The molecule has 2 aliphatic heterocycles. The van der Waals surface area contributed by atoms with E-state index in [9.17, 15) is 4.79 Å². The maximum atomic E-state index is 13.0. The van der Waals surface area contributed by atoms with Crippen molar-refractivity contribution in [3.05, 3.63) is 95.6 Å². The first-order valence-corrected chi connectivity index (χ1v) is 13.0. The molecule has 0 N–H and O–H groups in total. The van der Waals surface area contributed by atoms with Crippen molar-refractivity contribution in [3.8, 4) is 11.5 Å². The van der Waals surface area contributed by atoms with E-state index in [1.165, 1.54) is 24.0 Å². The molecule has 5 rings (SSSR count). The van der Waals surface area contributed by atoms with Gasteiger partial charge in [0, 0.05) is 30.8 Å². The average molecular weight is 485 g/mol. The smallest absolute Gasteiger partial charge is 0.253 e. The molecular weight excluding hydrogens is 448 g/mol. The molecule has 2 saturated heterocycles. The average Bonchev–Trinajstić information content (AvgIpc) is 2.94. The first-order chi connectivity index (χ1) is 17.6. The summed E-state index contributed by atoms with van der Waals surface area (Å²) in [6, 6.07) is 26.2. The molecule has 0 aliphatic carbocycles. The molecular formula is C31H36N2O3. The van der Waals surface area contributed by atoms with Gasteiger partial charge in [-0.2, -0.15) is 0 Å². The van der Waals surface area contributed by atoms with E-state index in [1.54, 1.807) is 7.11 Å². The lowest BCUT2D eigenvalue weighted by atomic mass is 9.71. The zero-order chi connectivity index (χ0) is 24.8. The van der Waals surface area contributed by atoms with Gasteiger partial charge >= 0.3 is 0 Å². The zero-order valence-electron chi connectivity index (χ0n) is 21.2. The molecule has 188 valence electrons. The van der Waals surface area contributed by atoms with E-state index >= 15 is 0 Å². The Morgan fingerprint density at radius 1 is 0.806 bits per heavy atom. The van der Waals surface area contributed by atoms with Crippen molar-refractivity contribution in [1.82, 2.24) is 9.80 Å². The summed E-state index contributed by atoms with van der Waals surface area (Å²) in [4.78, 5) is 17.6. The second kappa shape index (κ2) is 11.2. The summed E-state index contributed by atoms with van der Waals surface area (Å²) in [5.41, 5.74) is 3.55. The standard InChI is InChI=1S/C31H36N2O3/c1-35-28-13-11-26(12-14-28)30(34)33-21-17-31(18-22-33)15-19-32(20-16-31)23-27-9-5-6-10-29(27)36-24-25-7-3-2-4-8-25/h2-14H,15-24H2,1H3. The molecule has 2 aliphatic rings. The fourth-order valence-corrected chi connectivity index (χ4v) is 5.54. The van der Waals surface area contributed by atoms with Gasteiger partial charge in [0.25, 0.3) is 5.91 Å². The van der Waals surface area contributed by atoms with Crippen LogP contribution in [0.25, 0.3) is 0 Å². The summed E-state index contributed by atoms with van der Waals surface area (Å²) >= 11 is 0. The van der Waals surface area contributed by atoms with Crippen LogP contribution in [0.1, 0.15) is 47.2 Å². The van der Waals surface area contributed by atoms with Crippen LogP contribution in [-0.2, 0) is 13.2 Å². The Morgan fingerprint density at radius 3 is 2.14 bits per heavy atom. The van der Waals surface area contributed by atoms with E-state index in [2.05, 4.69) is 41.3 Å². The molecule has 2 heterocycles. The van der Waals surface area contributed by atoms with Crippen LogP contribution in [0.3, 0.4) is 0 Å². The van der Waals surface area contributed by atoms with Gasteiger partial charge in [0.1, 0.15) is 18.1 Å². The number of rotatable bonds is 7. The van der Waals surface area contributed by atoms with Crippen LogP contribution in [0.15, 0.2) is 78.9 Å². The number of amides is 1. The molecule has 3 aromatic carbocycles. The maximum Gasteiger partial charge on any atom is 0.253 e. The molecule has 5 nitrogen and oxygen atoms in total. The van der Waals surface area contributed by atoms with Crippen LogP contribution in [0.4, 0.5) is 0 Å². The Bertz CT molecular complexity index is 1130. The van der Waals surface area contributed by atoms with Crippen molar-refractivity contribution in [1.29, 1.82) is 0 Å². The van der Waals surface area contributed by atoms with E-state index in [-0.39, 0.29) is 5.91 Å². The van der Waals surface area contributed by atoms with Gasteiger partial charge in [0.05, 0.1) is 7.11 Å². The summed E-state index contributed by atoms with van der Waals surface area (Å²) in [6.07, 6.45) is 4.59. The van der Waals surface area contributed by atoms with Crippen LogP contribution < -0.4 is 9.47 Å². The Hall–Kier alpha value is -3.31. The highest BCUT2D eigenvalue weighted by molar-refractivity contribution is 5.94. The Labute approximate surface area is 214 Å². The Balaban J connectivity index is 1.12. The molecule has 5 heteroatoms. The lowest BCUT2D eigenvalue weighted by molar-refractivity contribution is 0.0283. The summed E-state index contributed by atoms with van der Waals surface area (Å²) in [5, 5.41) is 0. The summed E-state index contributed by atoms with van der Waals surface area (Å²) in [6.45, 7) is 5.40. The van der Waals surface area contributed by atoms with Crippen LogP contribution in [0, 0.1) is 5.41 Å². The minimum Gasteiger partial charge on any atom is -0.497 e. The number of hydrogen-bond donors (Lipinski definition) is 0. The zero-order valence-corrected chi connectivity index (χ0v) is 21.2. The molecule has 3 aromatic rings. The molecule has 0 atom stereocenters. The number of carbonyl (C=O) groups excluding carboxylic acids is 1. The first kappa shape index (κ1) is 24.4. The Morgan fingerprint density at radius 2 is 1.44 bits per heavy atom. The van der Waals surface area contributed by atoms with Gasteiger partial charge in [0.15, 0.2) is 0 Å². The fourth-order valence-electron chi connectivity index (χ4n) is 5.54. The number of likely N-dealkylation sites (tertiary alicyclic amines) is 2. The predicted octanol–water partition coefficient (Wildman–Crippen LogP) is 5.79. The normalized spacial score (nSPS) is 17.6. The van der Waals surface area contributed by atoms with E-state index < -0.39 is 0 Å². The second-order valence-electron chi connectivity index (χ2n) is 10.2. The van der Waals surface area contributed by atoms with Crippen molar-refractivity contribution >= 4 is 5.91 Å². The second-order valence-corrected chi connectivity index (χ2v) is 10.2. The van der Waals surface area contributed by atoms with Gasteiger partial charge in [-0.05, 0) is 80.1 Å². The van der Waals surface area contributed by atoms with Crippen molar-refractivity contribution in [2.45, 2.75) is 38.8 Å². The van der Waals surface area contributed by atoms with Crippen LogP contribution in [0.2, 0.25) is 0 Å². The molecule has 0 radical (unpaired) electrons. The molecule has 1 spiro atoms. The van der Waals surface area contributed by atoms with E-state index in [0.29, 0.717) is 12.0 Å². The number of carbonyl (C=O) groups is 1. The van der Waals surface area contributed by atoms with Crippen LogP contribution in [-0.4, -0.2) is 49.0 Å². The van der Waals surface area contributed by atoms with Gasteiger partial charge in [-0.15, -0.1) is 0 Å². The molecule has 0 saturated carbocycles.